The van der Waals surface area contributed by atoms with Gasteiger partial charge in [-0.05, 0) is 0 Å². The Hall–Kier alpha value is -2.24. The summed E-state index contributed by atoms with van der Waals surface area (Å²) < 4.78 is 61.2. The number of rotatable bonds is 2. The first-order valence-corrected chi connectivity index (χ1v) is 15.8. The van der Waals surface area contributed by atoms with E-state index in [1.54, 1.807) is 0 Å². The number of nitrogens with two attached hydrogens (primary N) is 2. The maximum absolute atomic E-state index is 13.1. The molecule has 0 amide bonds. The fraction of sp³-hybridized carbons (Fsp3) is 0.500. The van der Waals surface area contributed by atoms with Crippen molar-refractivity contribution >= 4 is 79.2 Å². The minimum Gasteiger partial charge on any atom is -0.386 e. The number of anilines is 2. The first-order valence-electron chi connectivity index (χ1n) is 12.8. The Morgan fingerprint density at radius 1 is 0.711 bits per heavy atom. The standard InChI is InChI=1S/C20H24N10O12P2.Na/c21-15-9-17(25-3-23-15)29(5-27-9)19-11(31)13-7(39-19)1-37-43(33,34)42-14-8(2-38-44(35,36)41-13)40-20(12(14)32)30-6-28-10-16(22)24-4-26-18(10)30;/h3-8,11-14,19-20,31-32H,1-2H2,(H,33,34)(H,35,36)(H2,21,23,25)(H2,22,24,26);/t7-,8-,11-,12-,13-,14-,19-,20-;/m1./s1. The number of imidazole rings is 2. The average molecular weight is 681 g/mol. The number of fused-ring (bicyclic) bond motifs is 4. The van der Waals surface area contributed by atoms with Crippen molar-refractivity contribution in [2.24, 2.45) is 0 Å². The predicted molar refractivity (Wildman–Crippen MR) is 146 cm³/mol. The van der Waals surface area contributed by atoms with E-state index in [0.29, 0.717) is 0 Å². The van der Waals surface area contributed by atoms with Crippen LogP contribution in [0.1, 0.15) is 12.5 Å². The third-order valence-corrected chi connectivity index (χ3v) is 9.23. The Labute approximate surface area is 273 Å². The molecule has 0 saturated carbocycles. The maximum Gasteiger partial charge on any atom is 0.472 e. The summed E-state index contributed by atoms with van der Waals surface area (Å²) in [6.45, 7) is -1.56. The van der Waals surface area contributed by atoms with Crippen LogP contribution < -0.4 is 11.5 Å². The van der Waals surface area contributed by atoms with Gasteiger partial charge in [-0.25, -0.2) is 39.0 Å². The number of nitrogens with zero attached hydrogens (tertiary/aromatic N) is 8. The van der Waals surface area contributed by atoms with Gasteiger partial charge in [-0.2, -0.15) is 0 Å². The van der Waals surface area contributed by atoms with Gasteiger partial charge in [-0.15, -0.1) is 0 Å². The molecule has 3 aliphatic heterocycles. The molecule has 25 heteroatoms. The summed E-state index contributed by atoms with van der Waals surface area (Å²) in [6.07, 6.45) is -7.30. The molecule has 237 valence electrons. The summed E-state index contributed by atoms with van der Waals surface area (Å²) >= 11 is 0. The molecular weight excluding hydrogens is 657 g/mol. The van der Waals surface area contributed by atoms with Crippen LogP contribution in [-0.4, -0.2) is 138 Å². The second kappa shape index (κ2) is 12.1. The Bertz CT molecular complexity index is 1700. The molecular formula is C20H24N10NaO12P2. The van der Waals surface area contributed by atoms with Gasteiger partial charge in [0.25, 0.3) is 0 Å². The molecule has 3 fully saturated rings. The first-order chi connectivity index (χ1) is 20.9. The van der Waals surface area contributed by atoms with Crippen molar-refractivity contribution in [3.8, 4) is 0 Å². The molecule has 3 aliphatic rings. The number of phosphoric ester groups is 2. The second-order valence-corrected chi connectivity index (χ2v) is 12.8. The van der Waals surface area contributed by atoms with Crippen molar-refractivity contribution in [2.45, 2.75) is 49.1 Å². The van der Waals surface area contributed by atoms with Crippen LogP contribution in [0, 0.1) is 0 Å². The van der Waals surface area contributed by atoms with E-state index < -0.39 is 77.9 Å². The average Bonchev–Trinajstić information content (AvgIpc) is 3.73. The normalized spacial score (nSPS) is 37.4. The van der Waals surface area contributed by atoms with Crippen molar-refractivity contribution in [1.82, 2.24) is 39.0 Å². The van der Waals surface area contributed by atoms with E-state index in [1.165, 1.54) is 21.8 Å². The number of hydrogen-bond acceptors (Lipinski definition) is 18. The molecule has 45 heavy (non-hydrogen) atoms. The maximum atomic E-state index is 13.1. The Balaban J connectivity index is 0.00000357. The zero-order valence-electron chi connectivity index (χ0n) is 23.0. The van der Waals surface area contributed by atoms with E-state index in [9.17, 15) is 29.1 Å². The van der Waals surface area contributed by atoms with Gasteiger partial charge in [0.2, 0.25) is 0 Å². The first kappa shape index (κ1) is 32.7. The number of ether oxygens (including phenoxy) is 2. The van der Waals surface area contributed by atoms with Crippen molar-refractivity contribution in [3.63, 3.8) is 0 Å². The Morgan fingerprint density at radius 2 is 1.11 bits per heavy atom. The van der Waals surface area contributed by atoms with Crippen molar-refractivity contribution in [1.29, 1.82) is 0 Å². The van der Waals surface area contributed by atoms with Crippen LogP contribution in [0.3, 0.4) is 0 Å². The van der Waals surface area contributed by atoms with Crippen molar-refractivity contribution in [2.75, 3.05) is 24.7 Å². The minimum absolute atomic E-state index is 0. The quantitative estimate of drug-likeness (QED) is 0.0982. The van der Waals surface area contributed by atoms with Gasteiger partial charge in [-0.3, -0.25) is 27.2 Å². The van der Waals surface area contributed by atoms with E-state index >= 15 is 0 Å². The molecule has 2 unspecified atom stereocenters. The molecule has 0 aromatic carbocycles. The van der Waals surface area contributed by atoms with Crippen LogP contribution >= 0.6 is 15.6 Å². The monoisotopic (exact) mass is 681 g/mol. The molecule has 4 aromatic heterocycles. The minimum atomic E-state index is -5.00. The van der Waals surface area contributed by atoms with Crippen LogP contribution in [0.2, 0.25) is 0 Å². The molecule has 7 heterocycles. The fourth-order valence-electron chi connectivity index (χ4n) is 5.24. The number of aliphatic hydroxyl groups excluding tert-OH is 2. The molecule has 10 atom stereocenters. The summed E-state index contributed by atoms with van der Waals surface area (Å²) in [5, 5.41) is 22.2. The molecule has 0 bridgehead atoms. The summed E-state index contributed by atoms with van der Waals surface area (Å²) in [7, 11) is -10.0. The van der Waals surface area contributed by atoms with Crippen LogP contribution in [0.25, 0.3) is 22.3 Å². The molecule has 4 aromatic rings. The van der Waals surface area contributed by atoms with Crippen molar-refractivity contribution in [3.05, 3.63) is 25.3 Å². The van der Waals surface area contributed by atoms with E-state index in [1.807, 2.05) is 0 Å². The van der Waals surface area contributed by atoms with Crippen molar-refractivity contribution < 1.29 is 56.7 Å². The van der Waals surface area contributed by atoms with Gasteiger partial charge in [-0.1, -0.05) is 0 Å². The van der Waals surface area contributed by atoms with Crippen LogP contribution in [0.5, 0.6) is 0 Å². The van der Waals surface area contributed by atoms with E-state index in [2.05, 4.69) is 29.9 Å². The Kier molecular flexibility index (Phi) is 8.78. The molecule has 8 N–H and O–H groups in total. The van der Waals surface area contributed by atoms with Crippen LogP contribution in [0.15, 0.2) is 25.3 Å². The molecule has 7 rings (SSSR count). The number of aromatic nitrogens is 8. The largest absolute Gasteiger partial charge is 0.472 e. The number of hydrogen-bond donors (Lipinski definition) is 6. The van der Waals surface area contributed by atoms with E-state index in [0.717, 1.165) is 12.7 Å². The summed E-state index contributed by atoms with van der Waals surface area (Å²) in [5.41, 5.74) is 12.4. The smallest absolute Gasteiger partial charge is 0.386 e. The second-order valence-electron chi connectivity index (χ2n) is 9.95. The SMILES string of the molecule is Nc1ncnc2c1ncn2[C@@H]1O[C@@H]2COP(=O)(O)O[C@H]3[C@@H](O)[C@H](n4cnc5c(N)ncnc54)O[C@@H]3COP(=O)(O)O[C@H]2[C@H]1O.[Na]. The third kappa shape index (κ3) is 5.90. The molecule has 22 nitrogen and oxygen atoms in total. The number of aliphatic hydroxyl groups is 2. The topological polar surface area (TPSA) is 310 Å². The Morgan fingerprint density at radius 3 is 1.51 bits per heavy atom. The van der Waals surface area contributed by atoms with Gasteiger partial charge in [0.15, 0.2) is 35.4 Å². The van der Waals surface area contributed by atoms with Crippen LogP contribution in [0.4, 0.5) is 11.6 Å². The van der Waals surface area contributed by atoms with Crippen LogP contribution in [-0.2, 0) is 36.7 Å². The summed E-state index contributed by atoms with van der Waals surface area (Å²) in [4.78, 5) is 45.3. The summed E-state index contributed by atoms with van der Waals surface area (Å²) in [5.74, 6) is 0.101. The molecule has 3 saturated heterocycles. The fourth-order valence-corrected chi connectivity index (χ4v) is 7.17. The van der Waals surface area contributed by atoms with E-state index in [-0.39, 0.29) is 63.5 Å². The predicted octanol–water partition coefficient (Wildman–Crippen LogP) is -2.02. The zero-order chi connectivity index (χ0) is 31.0. The van der Waals surface area contributed by atoms with Gasteiger partial charge in [0, 0.05) is 29.6 Å². The van der Waals surface area contributed by atoms with E-state index in [4.69, 9.17) is 39.0 Å². The number of phosphoric acid groups is 2. The number of nitrogen functional groups attached to an aromatic ring is 2. The zero-order valence-corrected chi connectivity index (χ0v) is 26.8. The van der Waals surface area contributed by atoms with Gasteiger partial charge in [0.05, 0.1) is 25.9 Å². The van der Waals surface area contributed by atoms with Gasteiger partial charge in [0.1, 0.15) is 60.3 Å². The molecule has 1 radical (unpaired) electrons. The molecule has 0 aliphatic carbocycles. The molecule has 0 spiro atoms. The van der Waals surface area contributed by atoms with Gasteiger partial charge < -0.3 is 40.9 Å². The summed E-state index contributed by atoms with van der Waals surface area (Å²) in [6, 6.07) is 0. The van der Waals surface area contributed by atoms with Gasteiger partial charge >= 0.3 is 15.6 Å². The third-order valence-electron chi connectivity index (χ3n) is 7.26.